The van der Waals surface area contributed by atoms with Gasteiger partial charge in [0.2, 0.25) is 10.0 Å². The molecular formula is C13H20N2O3S. The highest BCUT2D eigenvalue weighted by Crippen LogP contribution is 2.19. The number of nitrogens with two attached hydrogens (primary N) is 1. The van der Waals surface area contributed by atoms with E-state index in [1.54, 1.807) is 31.4 Å². The van der Waals surface area contributed by atoms with Crippen LogP contribution in [0, 0.1) is 0 Å². The van der Waals surface area contributed by atoms with E-state index in [9.17, 15) is 8.42 Å². The molecule has 0 saturated carbocycles. The van der Waals surface area contributed by atoms with Crippen molar-refractivity contribution in [1.29, 1.82) is 0 Å². The topological polar surface area (TPSA) is 72.6 Å². The first kappa shape index (κ1) is 14.3. The Morgan fingerprint density at radius 1 is 1.37 bits per heavy atom. The lowest BCUT2D eigenvalue weighted by molar-refractivity contribution is 0.0571. The molecule has 6 heteroatoms. The fourth-order valence-electron chi connectivity index (χ4n) is 2.27. The highest BCUT2D eigenvalue weighted by Gasteiger charge is 2.28. The van der Waals surface area contributed by atoms with Gasteiger partial charge < -0.3 is 10.5 Å². The standard InChI is InChI=1S/C13H20N2O3S/c1-18-13-3-2-8-15(9-13)19(16,17)10-11-4-6-12(14)7-5-11/h4-7,13H,2-3,8-10,14H2,1H3. The summed E-state index contributed by atoms with van der Waals surface area (Å²) in [7, 11) is -1.65. The molecule has 1 fully saturated rings. The van der Waals surface area contributed by atoms with Crippen LogP contribution in [0.2, 0.25) is 0 Å². The lowest BCUT2D eigenvalue weighted by atomic mass is 10.1. The number of piperidine rings is 1. The van der Waals surface area contributed by atoms with Gasteiger partial charge in [-0.15, -0.1) is 0 Å². The van der Waals surface area contributed by atoms with E-state index in [0.29, 0.717) is 18.8 Å². The van der Waals surface area contributed by atoms with Gasteiger partial charge in [-0.05, 0) is 30.5 Å². The van der Waals surface area contributed by atoms with Gasteiger partial charge in [-0.1, -0.05) is 12.1 Å². The van der Waals surface area contributed by atoms with Crippen LogP contribution in [0.1, 0.15) is 18.4 Å². The molecule has 19 heavy (non-hydrogen) atoms. The number of sulfonamides is 1. The Bertz CT molecular complexity index is 513. The molecule has 1 saturated heterocycles. The van der Waals surface area contributed by atoms with E-state index in [-0.39, 0.29) is 11.9 Å². The second kappa shape index (κ2) is 5.90. The molecule has 1 aromatic rings. The van der Waals surface area contributed by atoms with Gasteiger partial charge in [0, 0.05) is 25.9 Å². The Hall–Kier alpha value is -1.11. The van der Waals surface area contributed by atoms with Crippen molar-refractivity contribution in [2.45, 2.75) is 24.7 Å². The fourth-order valence-corrected chi connectivity index (χ4v) is 3.86. The number of nitrogen functional groups attached to an aromatic ring is 1. The Labute approximate surface area is 114 Å². The molecule has 1 atom stereocenters. The van der Waals surface area contributed by atoms with Crippen molar-refractivity contribution in [2.75, 3.05) is 25.9 Å². The number of nitrogens with zero attached hydrogens (tertiary/aromatic N) is 1. The molecule has 2 rings (SSSR count). The van der Waals surface area contributed by atoms with E-state index < -0.39 is 10.0 Å². The summed E-state index contributed by atoms with van der Waals surface area (Å²) in [6.07, 6.45) is 1.78. The minimum absolute atomic E-state index is 0.00921. The Balaban J connectivity index is 2.07. The van der Waals surface area contributed by atoms with Crippen molar-refractivity contribution in [3.8, 4) is 0 Å². The Morgan fingerprint density at radius 2 is 2.05 bits per heavy atom. The summed E-state index contributed by atoms with van der Waals surface area (Å²) in [4.78, 5) is 0. The molecule has 0 radical (unpaired) electrons. The molecule has 0 amide bonds. The normalized spacial score (nSPS) is 21.4. The van der Waals surface area contributed by atoms with Crippen LogP contribution in [-0.4, -0.2) is 39.0 Å². The first-order chi connectivity index (χ1) is 9.01. The van der Waals surface area contributed by atoms with Crippen LogP contribution in [-0.2, 0) is 20.5 Å². The number of methoxy groups -OCH3 is 1. The van der Waals surface area contributed by atoms with Crippen LogP contribution in [0.3, 0.4) is 0 Å². The van der Waals surface area contributed by atoms with Crippen LogP contribution in [0.15, 0.2) is 24.3 Å². The van der Waals surface area contributed by atoms with Gasteiger partial charge in [-0.3, -0.25) is 0 Å². The second-order valence-electron chi connectivity index (χ2n) is 4.86. The minimum atomic E-state index is -3.28. The third-order valence-corrected chi connectivity index (χ3v) is 5.21. The van der Waals surface area contributed by atoms with Crippen LogP contribution in [0.4, 0.5) is 5.69 Å². The zero-order valence-corrected chi connectivity index (χ0v) is 11.9. The van der Waals surface area contributed by atoms with Crippen LogP contribution < -0.4 is 5.73 Å². The monoisotopic (exact) mass is 284 g/mol. The average Bonchev–Trinajstić information content (AvgIpc) is 2.41. The highest BCUT2D eigenvalue weighted by atomic mass is 32.2. The molecule has 0 spiro atoms. The van der Waals surface area contributed by atoms with E-state index in [2.05, 4.69) is 0 Å². The van der Waals surface area contributed by atoms with Crippen LogP contribution in [0.5, 0.6) is 0 Å². The summed E-state index contributed by atoms with van der Waals surface area (Å²) in [5, 5.41) is 0. The van der Waals surface area contributed by atoms with E-state index in [1.807, 2.05) is 0 Å². The summed E-state index contributed by atoms with van der Waals surface area (Å²) < 4.78 is 31.5. The Kier molecular flexibility index (Phi) is 4.44. The van der Waals surface area contributed by atoms with Gasteiger partial charge in [-0.2, -0.15) is 4.31 Å². The molecule has 5 nitrogen and oxygen atoms in total. The van der Waals surface area contributed by atoms with Crippen molar-refractivity contribution in [3.63, 3.8) is 0 Å². The minimum Gasteiger partial charge on any atom is -0.399 e. The van der Waals surface area contributed by atoms with Gasteiger partial charge in [0.25, 0.3) is 0 Å². The molecule has 1 heterocycles. The first-order valence-electron chi connectivity index (χ1n) is 6.36. The predicted molar refractivity (Wildman–Crippen MR) is 75.1 cm³/mol. The van der Waals surface area contributed by atoms with Crippen molar-refractivity contribution < 1.29 is 13.2 Å². The second-order valence-corrected chi connectivity index (χ2v) is 6.82. The van der Waals surface area contributed by atoms with Crippen molar-refractivity contribution in [3.05, 3.63) is 29.8 Å². The number of rotatable bonds is 4. The van der Waals surface area contributed by atoms with E-state index in [4.69, 9.17) is 10.5 Å². The lowest BCUT2D eigenvalue weighted by Gasteiger charge is -2.31. The third kappa shape index (κ3) is 3.68. The molecule has 1 aliphatic heterocycles. The third-order valence-electron chi connectivity index (χ3n) is 3.40. The highest BCUT2D eigenvalue weighted by molar-refractivity contribution is 7.88. The van der Waals surface area contributed by atoms with E-state index >= 15 is 0 Å². The van der Waals surface area contributed by atoms with Crippen LogP contribution >= 0.6 is 0 Å². The van der Waals surface area contributed by atoms with Gasteiger partial charge in [0.1, 0.15) is 0 Å². The number of hydrogen-bond donors (Lipinski definition) is 1. The quantitative estimate of drug-likeness (QED) is 0.844. The smallest absolute Gasteiger partial charge is 0.218 e. The molecule has 1 aliphatic rings. The van der Waals surface area contributed by atoms with Gasteiger partial charge in [0.15, 0.2) is 0 Å². The van der Waals surface area contributed by atoms with Crippen LogP contribution in [0.25, 0.3) is 0 Å². The van der Waals surface area contributed by atoms with E-state index in [0.717, 1.165) is 18.4 Å². The first-order valence-corrected chi connectivity index (χ1v) is 7.97. The summed E-state index contributed by atoms with van der Waals surface area (Å²) in [5.41, 5.74) is 6.99. The summed E-state index contributed by atoms with van der Waals surface area (Å²) in [6.45, 7) is 1.03. The number of hydrogen-bond acceptors (Lipinski definition) is 4. The summed E-state index contributed by atoms with van der Waals surface area (Å²) >= 11 is 0. The molecule has 1 aromatic carbocycles. The maximum atomic E-state index is 12.3. The lowest BCUT2D eigenvalue weighted by Crippen LogP contribution is -2.43. The molecule has 0 bridgehead atoms. The SMILES string of the molecule is COC1CCCN(S(=O)(=O)Cc2ccc(N)cc2)C1. The predicted octanol–water partition coefficient (Wildman–Crippen LogP) is 1.21. The van der Waals surface area contributed by atoms with Gasteiger partial charge in [0.05, 0.1) is 11.9 Å². The van der Waals surface area contributed by atoms with E-state index in [1.165, 1.54) is 4.31 Å². The summed E-state index contributed by atoms with van der Waals surface area (Å²) in [6, 6.07) is 6.95. The molecular weight excluding hydrogens is 264 g/mol. The zero-order chi connectivity index (χ0) is 13.9. The molecule has 0 aromatic heterocycles. The van der Waals surface area contributed by atoms with Crippen molar-refractivity contribution in [2.24, 2.45) is 0 Å². The largest absolute Gasteiger partial charge is 0.399 e. The maximum absolute atomic E-state index is 12.3. The number of benzene rings is 1. The molecule has 0 aliphatic carbocycles. The zero-order valence-electron chi connectivity index (χ0n) is 11.1. The van der Waals surface area contributed by atoms with Gasteiger partial charge in [-0.25, -0.2) is 8.42 Å². The molecule has 2 N–H and O–H groups in total. The Morgan fingerprint density at radius 3 is 2.68 bits per heavy atom. The average molecular weight is 284 g/mol. The summed E-state index contributed by atoms with van der Waals surface area (Å²) in [5.74, 6) is 0.0176. The fraction of sp³-hybridized carbons (Fsp3) is 0.538. The maximum Gasteiger partial charge on any atom is 0.218 e. The molecule has 106 valence electrons. The van der Waals surface area contributed by atoms with Gasteiger partial charge >= 0.3 is 0 Å². The van der Waals surface area contributed by atoms with Crippen molar-refractivity contribution in [1.82, 2.24) is 4.31 Å². The number of ether oxygens (including phenoxy) is 1. The molecule has 1 unspecified atom stereocenters. The van der Waals surface area contributed by atoms with Crippen molar-refractivity contribution >= 4 is 15.7 Å². The number of anilines is 1.